The van der Waals surface area contributed by atoms with Gasteiger partial charge in [-0.3, -0.25) is 0 Å². The molecule has 0 aliphatic carbocycles. The summed E-state index contributed by atoms with van der Waals surface area (Å²) in [6.07, 6.45) is 2.34. The quantitative estimate of drug-likeness (QED) is 0.803. The van der Waals surface area contributed by atoms with Gasteiger partial charge in [-0.05, 0) is 26.2 Å². The first-order chi connectivity index (χ1) is 7.51. The van der Waals surface area contributed by atoms with E-state index in [1.165, 1.54) is 6.42 Å². The molecule has 0 fully saturated rings. The van der Waals surface area contributed by atoms with Crippen LogP contribution >= 0.6 is 0 Å². The van der Waals surface area contributed by atoms with E-state index in [1.807, 2.05) is 6.92 Å². The maximum atomic E-state index is 5.67. The second kappa shape index (κ2) is 5.68. The average molecular weight is 222 g/mol. The number of hydrogen-bond acceptors (Lipinski definition) is 4. The molecule has 0 spiro atoms. The molecule has 0 aliphatic heterocycles. The minimum atomic E-state index is 0.406. The van der Waals surface area contributed by atoms with Crippen molar-refractivity contribution in [3.63, 3.8) is 0 Å². The largest absolute Gasteiger partial charge is 0.384 e. The molecule has 2 unspecified atom stereocenters. The average Bonchev–Trinajstić information content (AvgIpc) is 2.15. The highest BCUT2D eigenvalue weighted by Crippen LogP contribution is 2.14. The van der Waals surface area contributed by atoms with Gasteiger partial charge in [0.1, 0.15) is 17.5 Å². The van der Waals surface area contributed by atoms with Gasteiger partial charge in [0.05, 0.1) is 0 Å². The highest BCUT2D eigenvalue weighted by molar-refractivity contribution is 5.44. The zero-order chi connectivity index (χ0) is 12.1. The number of anilines is 2. The van der Waals surface area contributed by atoms with Gasteiger partial charge in [-0.1, -0.05) is 20.3 Å². The van der Waals surface area contributed by atoms with E-state index >= 15 is 0 Å². The Kier molecular flexibility index (Phi) is 4.52. The number of nitrogens with zero attached hydrogens (tertiary/aromatic N) is 2. The van der Waals surface area contributed by atoms with Crippen molar-refractivity contribution in [2.45, 2.75) is 46.6 Å². The van der Waals surface area contributed by atoms with Crippen LogP contribution in [0.1, 0.15) is 39.4 Å². The Morgan fingerprint density at radius 3 is 2.62 bits per heavy atom. The smallest absolute Gasteiger partial charge is 0.131 e. The Morgan fingerprint density at radius 1 is 1.38 bits per heavy atom. The number of nitrogen functional groups attached to an aromatic ring is 1. The molecule has 4 nitrogen and oxygen atoms in total. The van der Waals surface area contributed by atoms with E-state index in [2.05, 4.69) is 36.1 Å². The van der Waals surface area contributed by atoms with Gasteiger partial charge in [-0.2, -0.15) is 0 Å². The van der Waals surface area contributed by atoms with Gasteiger partial charge in [0.15, 0.2) is 0 Å². The van der Waals surface area contributed by atoms with E-state index in [4.69, 9.17) is 5.73 Å². The minimum Gasteiger partial charge on any atom is -0.384 e. The molecule has 1 rings (SSSR count). The maximum absolute atomic E-state index is 5.67. The third-order valence-corrected chi connectivity index (χ3v) is 2.70. The lowest BCUT2D eigenvalue weighted by Gasteiger charge is -2.18. The van der Waals surface area contributed by atoms with Gasteiger partial charge in [-0.15, -0.1) is 0 Å². The Bertz CT molecular complexity index is 318. The minimum absolute atomic E-state index is 0.406. The van der Waals surface area contributed by atoms with Crippen molar-refractivity contribution >= 4 is 11.6 Å². The summed E-state index contributed by atoms with van der Waals surface area (Å²) in [5, 5.41) is 3.36. The molecule has 0 saturated heterocycles. The van der Waals surface area contributed by atoms with Gasteiger partial charge in [0.25, 0.3) is 0 Å². The zero-order valence-corrected chi connectivity index (χ0v) is 10.6. The third kappa shape index (κ3) is 4.04. The molecule has 2 atom stereocenters. The summed E-state index contributed by atoms with van der Waals surface area (Å²) in [4.78, 5) is 8.35. The number of hydrogen-bond donors (Lipinski definition) is 2. The van der Waals surface area contributed by atoms with E-state index in [0.717, 1.165) is 18.2 Å². The Morgan fingerprint density at radius 2 is 2.06 bits per heavy atom. The second-order valence-corrected chi connectivity index (χ2v) is 4.52. The summed E-state index contributed by atoms with van der Waals surface area (Å²) >= 11 is 0. The first-order valence-electron chi connectivity index (χ1n) is 5.89. The lowest BCUT2D eigenvalue weighted by Crippen LogP contribution is -2.19. The Balaban J connectivity index is 2.58. The number of aromatic nitrogens is 2. The molecule has 16 heavy (non-hydrogen) atoms. The zero-order valence-electron chi connectivity index (χ0n) is 10.6. The van der Waals surface area contributed by atoms with Crippen LogP contribution < -0.4 is 11.1 Å². The molecule has 0 aromatic carbocycles. The van der Waals surface area contributed by atoms with Crippen LogP contribution in [0, 0.1) is 12.8 Å². The number of nitrogens with one attached hydrogen (secondary N) is 1. The molecule has 1 aromatic rings. The predicted octanol–water partition coefficient (Wildman–Crippen LogP) is 2.60. The molecule has 3 N–H and O–H groups in total. The first-order valence-corrected chi connectivity index (χ1v) is 5.89. The molecule has 4 heteroatoms. The summed E-state index contributed by atoms with van der Waals surface area (Å²) in [6.45, 7) is 8.49. The van der Waals surface area contributed by atoms with Crippen LogP contribution in [-0.2, 0) is 0 Å². The van der Waals surface area contributed by atoms with Crippen LogP contribution in [0.15, 0.2) is 6.07 Å². The molecule has 1 aromatic heterocycles. The van der Waals surface area contributed by atoms with Crippen LogP contribution in [0.2, 0.25) is 0 Å². The van der Waals surface area contributed by atoms with Gasteiger partial charge >= 0.3 is 0 Å². The highest BCUT2D eigenvalue weighted by atomic mass is 15.1. The fourth-order valence-corrected chi connectivity index (χ4v) is 1.75. The van der Waals surface area contributed by atoms with E-state index in [1.54, 1.807) is 6.07 Å². The molecular weight excluding hydrogens is 200 g/mol. The van der Waals surface area contributed by atoms with Gasteiger partial charge in [-0.25, -0.2) is 9.97 Å². The molecule has 1 heterocycles. The van der Waals surface area contributed by atoms with Crippen molar-refractivity contribution in [3.05, 3.63) is 11.9 Å². The second-order valence-electron chi connectivity index (χ2n) is 4.52. The third-order valence-electron chi connectivity index (χ3n) is 2.70. The van der Waals surface area contributed by atoms with Crippen molar-refractivity contribution < 1.29 is 0 Å². The fraction of sp³-hybridized carbons (Fsp3) is 0.667. The summed E-state index contributed by atoms with van der Waals surface area (Å²) in [7, 11) is 0. The van der Waals surface area contributed by atoms with E-state index < -0.39 is 0 Å². The summed E-state index contributed by atoms with van der Waals surface area (Å²) < 4.78 is 0. The van der Waals surface area contributed by atoms with Crippen molar-refractivity contribution in [1.82, 2.24) is 9.97 Å². The van der Waals surface area contributed by atoms with Crippen molar-refractivity contribution in [2.75, 3.05) is 11.1 Å². The molecule has 0 aliphatic rings. The number of rotatable bonds is 5. The summed E-state index contributed by atoms with van der Waals surface area (Å²) in [6, 6.07) is 2.18. The highest BCUT2D eigenvalue weighted by Gasteiger charge is 2.08. The molecule has 0 amide bonds. The first kappa shape index (κ1) is 12.7. The number of aryl methyl sites for hydroxylation is 1. The van der Waals surface area contributed by atoms with Crippen molar-refractivity contribution in [2.24, 2.45) is 5.92 Å². The Hall–Kier alpha value is -1.32. The fourth-order valence-electron chi connectivity index (χ4n) is 1.75. The van der Waals surface area contributed by atoms with E-state index in [9.17, 15) is 0 Å². The topological polar surface area (TPSA) is 63.8 Å². The monoisotopic (exact) mass is 222 g/mol. The van der Waals surface area contributed by atoms with Gasteiger partial charge in [0, 0.05) is 12.1 Å². The predicted molar refractivity (Wildman–Crippen MR) is 68.3 cm³/mol. The molecular formula is C12H22N4. The van der Waals surface area contributed by atoms with E-state index in [-0.39, 0.29) is 0 Å². The molecule has 0 saturated carbocycles. The molecule has 0 bridgehead atoms. The lowest BCUT2D eigenvalue weighted by atomic mass is 10.0. The van der Waals surface area contributed by atoms with Gasteiger partial charge in [0.2, 0.25) is 0 Å². The molecule has 0 radical (unpaired) electrons. The SMILES string of the molecule is CCC(C)CC(C)Nc1cc(N)nc(C)n1. The molecule has 90 valence electrons. The van der Waals surface area contributed by atoms with Crippen LogP contribution in [0.4, 0.5) is 11.6 Å². The van der Waals surface area contributed by atoms with Crippen LogP contribution in [-0.4, -0.2) is 16.0 Å². The maximum Gasteiger partial charge on any atom is 0.131 e. The van der Waals surface area contributed by atoms with E-state index in [0.29, 0.717) is 17.7 Å². The number of nitrogens with two attached hydrogens (primary N) is 1. The van der Waals surface area contributed by atoms with Crippen LogP contribution in [0.25, 0.3) is 0 Å². The van der Waals surface area contributed by atoms with Crippen LogP contribution in [0.5, 0.6) is 0 Å². The Labute approximate surface area is 97.7 Å². The lowest BCUT2D eigenvalue weighted by molar-refractivity contribution is 0.483. The van der Waals surface area contributed by atoms with Crippen molar-refractivity contribution in [3.8, 4) is 0 Å². The van der Waals surface area contributed by atoms with Crippen molar-refractivity contribution in [1.29, 1.82) is 0 Å². The van der Waals surface area contributed by atoms with Gasteiger partial charge < -0.3 is 11.1 Å². The summed E-state index contributed by atoms with van der Waals surface area (Å²) in [5.74, 6) is 2.77. The van der Waals surface area contributed by atoms with Crippen LogP contribution in [0.3, 0.4) is 0 Å². The standard InChI is InChI=1S/C12H22N4/c1-5-8(2)6-9(3)14-12-7-11(13)15-10(4)16-12/h7-9H,5-6H2,1-4H3,(H3,13,14,15,16). The summed E-state index contributed by atoms with van der Waals surface area (Å²) in [5.41, 5.74) is 5.67. The normalized spacial score (nSPS) is 14.5.